The van der Waals surface area contributed by atoms with Gasteiger partial charge in [-0.2, -0.15) is 0 Å². The number of phenolic OH excluding ortho intramolecular Hbond substituents is 1. The summed E-state index contributed by atoms with van der Waals surface area (Å²) in [5.41, 5.74) is 1.71. The molecule has 0 aliphatic heterocycles. The largest absolute Gasteiger partial charge is 0.507 e. The van der Waals surface area contributed by atoms with Crippen LogP contribution in [0, 0.1) is 17.0 Å². The van der Waals surface area contributed by atoms with Crippen molar-refractivity contribution in [1.29, 1.82) is 0 Å². The van der Waals surface area contributed by atoms with Crippen LogP contribution in [0.2, 0.25) is 5.02 Å². The Morgan fingerprint density at radius 1 is 1.30 bits per heavy atom. The molecule has 102 valence electrons. The fraction of sp³-hybridized carbons (Fsp3) is 0.0714. The van der Waals surface area contributed by atoms with Crippen molar-refractivity contribution in [3.05, 3.63) is 62.7 Å². The van der Waals surface area contributed by atoms with Gasteiger partial charge in [-0.05, 0) is 30.7 Å². The summed E-state index contributed by atoms with van der Waals surface area (Å²) >= 11 is 5.98. The molecule has 0 aliphatic carbocycles. The highest BCUT2D eigenvalue weighted by Crippen LogP contribution is 2.24. The van der Waals surface area contributed by atoms with Crippen LogP contribution in [0.25, 0.3) is 0 Å². The number of nitro groups is 1. The molecular formula is C14H11ClN2O3. The molecule has 0 aromatic heterocycles. The van der Waals surface area contributed by atoms with Crippen molar-refractivity contribution in [2.75, 3.05) is 0 Å². The van der Waals surface area contributed by atoms with E-state index in [1.54, 1.807) is 12.1 Å². The Balaban J connectivity index is 2.33. The molecule has 0 saturated carbocycles. The van der Waals surface area contributed by atoms with Crippen LogP contribution in [-0.2, 0) is 0 Å². The van der Waals surface area contributed by atoms with Crippen LogP contribution in [0.3, 0.4) is 0 Å². The van der Waals surface area contributed by atoms with E-state index in [-0.39, 0.29) is 17.0 Å². The minimum Gasteiger partial charge on any atom is -0.507 e. The van der Waals surface area contributed by atoms with Gasteiger partial charge in [0.2, 0.25) is 0 Å². The number of hydrogen-bond acceptors (Lipinski definition) is 4. The van der Waals surface area contributed by atoms with Crippen LogP contribution >= 0.6 is 11.6 Å². The number of aromatic hydroxyl groups is 1. The molecule has 0 bridgehead atoms. The van der Waals surface area contributed by atoms with Crippen molar-refractivity contribution in [3.63, 3.8) is 0 Å². The quantitative estimate of drug-likeness (QED) is 0.527. The standard InChI is InChI=1S/C14H11ClN2O3/c1-9-2-3-11(7-13(9)15)16-8-10-6-12(17(19)20)4-5-14(10)18/h2-8,18H,1H3. The van der Waals surface area contributed by atoms with Crippen molar-refractivity contribution in [3.8, 4) is 5.75 Å². The average Bonchev–Trinajstić information content (AvgIpc) is 2.41. The Hall–Kier alpha value is -2.40. The Morgan fingerprint density at radius 3 is 2.70 bits per heavy atom. The van der Waals surface area contributed by atoms with Crippen molar-refractivity contribution >= 4 is 29.2 Å². The molecule has 0 spiro atoms. The highest BCUT2D eigenvalue weighted by Gasteiger charge is 2.08. The second-order valence-electron chi connectivity index (χ2n) is 4.19. The topological polar surface area (TPSA) is 75.7 Å². The van der Waals surface area contributed by atoms with E-state index in [0.29, 0.717) is 10.7 Å². The molecule has 0 saturated heterocycles. The fourth-order valence-corrected chi connectivity index (χ4v) is 1.74. The van der Waals surface area contributed by atoms with Crippen LogP contribution in [-0.4, -0.2) is 16.2 Å². The SMILES string of the molecule is Cc1ccc(N=Cc2cc([N+](=O)[O-])ccc2O)cc1Cl. The summed E-state index contributed by atoms with van der Waals surface area (Å²) in [6, 6.07) is 9.03. The molecule has 2 aromatic carbocycles. The molecule has 6 heteroatoms. The van der Waals surface area contributed by atoms with Gasteiger partial charge in [-0.1, -0.05) is 17.7 Å². The van der Waals surface area contributed by atoms with Gasteiger partial charge in [0.25, 0.3) is 5.69 Å². The molecule has 0 heterocycles. The van der Waals surface area contributed by atoms with Gasteiger partial charge < -0.3 is 5.11 Å². The number of aliphatic imine (C=N–C) groups is 1. The first-order chi connectivity index (χ1) is 9.47. The minimum atomic E-state index is -0.528. The van der Waals surface area contributed by atoms with E-state index in [1.807, 2.05) is 13.0 Å². The molecule has 20 heavy (non-hydrogen) atoms. The monoisotopic (exact) mass is 290 g/mol. The van der Waals surface area contributed by atoms with E-state index < -0.39 is 4.92 Å². The highest BCUT2D eigenvalue weighted by atomic mass is 35.5. The van der Waals surface area contributed by atoms with Gasteiger partial charge >= 0.3 is 0 Å². The first kappa shape index (κ1) is 14.0. The molecule has 0 aliphatic rings. The predicted octanol–water partition coefficient (Wildman–Crippen LogP) is 4.01. The van der Waals surface area contributed by atoms with Gasteiger partial charge in [-0.25, -0.2) is 0 Å². The molecule has 0 radical (unpaired) electrons. The van der Waals surface area contributed by atoms with Gasteiger partial charge in [-0.15, -0.1) is 0 Å². The second-order valence-corrected chi connectivity index (χ2v) is 4.60. The maximum absolute atomic E-state index is 10.7. The number of rotatable bonds is 3. The van der Waals surface area contributed by atoms with Gasteiger partial charge in [-0.3, -0.25) is 15.1 Å². The molecule has 0 amide bonds. The third-order valence-corrected chi connectivity index (χ3v) is 3.14. The number of hydrogen-bond donors (Lipinski definition) is 1. The maximum atomic E-state index is 10.7. The van der Waals surface area contributed by atoms with E-state index >= 15 is 0 Å². The molecule has 0 atom stereocenters. The summed E-state index contributed by atoms with van der Waals surface area (Å²) in [6.45, 7) is 1.88. The highest BCUT2D eigenvalue weighted by molar-refractivity contribution is 6.31. The lowest BCUT2D eigenvalue weighted by molar-refractivity contribution is -0.384. The Morgan fingerprint density at radius 2 is 2.05 bits per heavy atom. The third kappa shape index (κ3) is 3.13. The molecule has 0 unspecified atom stereocenters. The van der Waals surface area contributed by atoms with Crippen LogP contribution in [0.1, 0.15) is 11.1 Å². The lowest BCUT2D eigenvalue weighted by atomic mass is 10.2. The van der Waals surface area contributed by atoms with Crippen LogP contribution in [0.5, 0.6) is 5.75 Å². The predicted molar refractivity (Wildman–Crippen MR) is 78.2 cm³/mol. The molecular weight excluding hydrogens is 280 g/mol. The molecule has 1 N–H and O–H groups in total. The van der Waals surface area contributed by atoms with Gasteiger partial charge in [0.1, 0.15) is 5.75 Å². The van der Waals surface area contributed by atoms with Crippen LogP contribution in [0.15, 0.2) is 41.4 Å². The Labute approximate surface area is 120 Å². The number of nitro benzene ring substituents is 1. The van der Waals surface area contributed by atoms with Gasteiger partial charge in [0.05, 0.1) is 10.6 Å². The normalized spacial score (nSPS) is 10.9. The Kier molecular flexibility index (Phi) is 4.00. The third-order valence-electron chi connectivity index (χ3n) is 2.73. The number of aryl methyl sites for hydroxylation is 1. The van der Waals surface area contributed by atoms with E-state index in [9.17, 15) is 15.2 Å². The zero-order chi connectivity index (χ0) is 14.7. The molecule has 0 fully saturated rings. The van der Waals surface area contributed by atoms with E-state index in [2.05, 4.69) is 4.99 Å². The number of benzene rings is 2. The smallest absolute Gasteiger partial charge is 0.270 e. The molecule has 2 aromatic rings. The number of phenols is 1. The first-order valence-corrected chi connectivity index (χ1v) is 6.13. The number of non-ortho nitro benzene ring substituents is 1. The number of halogens is 1. The number of nitrogens with zero attached hydrogens (tertiary/aromatic N) is 2. The lowest BCUT2D eigenvalue weighted by Gasteiger charge is -2.00. The van der Waals surface area contributed by atoms with Crippen LogP contribution in [0.4, 0.5) is 11.4 Å². The van der Waals surface area contributed by atoms with Crippen molar-refractivity contribution in [2.45, 2.75) is 6.92 Å². The van der Waals surface area contributed by atoms with E-state index in [1.165, 1.54) is 24.4 Å². The van der Waals surface area contributed by atoms with Gasteiger partial charge in [0.15, 0.2) is 0 Å². The summed E-state index contributed by atoms with van der Waals surface area (Å²) in [4.78, 5) is 14.3. The van der Waals surface area contributed by atoms with Crippen molar-refractivity contribution in [1.82, 2.24) is 0 Å². The van der Waals surface area contributed by atoms with E-state index in [4.69, 9.17) is 11.6 Å². The first-order valence-electron chi connectivity index (χ1n) is 5.75. The lowest BCUT2D eigenvalue weighted by Crippen LogP contribution is -1.90. The molecule has 5 nitrogen and oxygen atoms in total. The van der Waals surface area contributed by atoms with Crippen molar-refractivity contribution < 1.29 is 10.0 Å². The summed E-state index contributed by atoms with van der Waals surface area (Å²) < 4.78 is 0. The zero-order valence-corrected chi connectivity index (χ0v) is 11.3. The summed E-state index contributed by atoms with van der Waals surface area (Å²) in [7, 11) is 0. The zero-order valence-electron chi connectivity index (χ0n) is 10.6. The fourth-order valence-electron chi connectivity index (χ4n) is 1.57. The minimum absolute atomic E-state index is 0.0717. The summed E-state index contributed by atoms with van der Waals surface area (Å²) in [6.07, 6.45) is 1.36. The second kappa shape index (κ2) is 5.71. The average molecular weight is 291 g/mol. The van der Waals surface area contributed by atoms with E-state index in [0.717, 1.165) is 5.56 Å². The van der Waals surface area contributed by atoms with Gasteiger partial charge in [0, 0.05) is 28.9 Å². The molecule has 2 rings (SSSR count). The van der Waals surface area contributed by atoms with Crippen LogP contribution < -0.4 is 0 Å². The maximum Gasteiger partial charge on any atom is 0.270 e. The Bertz CT molecular complexity index is 699. The summed E-state index contributed by atoms with van der Waals surface area (Å²) in [5.74, 6) is -0.0717. The van der Waals surface area contributed by atoms with Crippen molar-refractivity contribution in [2.24, 2.45) is 4.99 Å². The summed E-state index contributed by atoms with van der Waals surface area (Å²) in [5, 5.41) is 20.9.